The highest BCUT2D eigenvalue weighted by molar-refractivity contribution is 8.26. The van der Waals surface area contributed by atoms with Gasteiger partial charge < -0.3 is 5.11 Å². The number of amides is 2. The number of non-ortho nitro benzene ring substituents is 1. The summed E-state index contributed by atoms with van der Waals surface area (Å²) in [6.07, 6.45) is 1.53. The molecule has 1 aliphatic rings. The van der Waals surface area contributed by atoms with E-state index in [-0.39, 0.29) is 26.0 Å². The lowest BCUT2D eigenvalue weighted by Crippen LogP contribution is -2.44. The second-order valence-electron chi connectivity index (χ2n) is 5.69. The number of hydrogen-bond acceptors (Lipinski definition) is 7. The number of nitro groups is 1. The minimum atomic E-state index is -1.06. The maximum absolute atomic E-state index is 12.6. The fourth-order valence-corrected chi connectivity index (χ4v) is 3.52. The summed E-state index contributed by atoms with van der Waals surface area (Å²) in [6.45, 7) is 0. The number of carbonyl (C=O) groups excluding carboxylic acids is 2. The minimum Gasteiger partial charge on any atom is -0.478 e. The number of nitrogens with one attached hydrogen (secondary N) is 1. The number of benzene rings is 2. The third kappa shape index (κ3) is 4.47. The molecule has 2 amide bonds. The summed E-state index contributed by atoms with van der Waals surface area (Å²) in [7, 11) is 0. The Labute approximate surface area is 173 Å². The Morgan fingerprint density at radius 1 is 1.10 bits per heavy atom. The summed E-state index contributed by atoms with van der Waals surface area (Å²) in [5.74, 6) is -2.25. The molecule has 29 heavy (non-hydrogen) atoms. The van der Waals surface area contributed by atoms with Gasteiger partial charge in [0.1, 0.15) is 0 Å². The van der Waals surface area contributed by atoms with Gasteiger partial charge in [-0.1, -0.05) is 23.9 Å². The summed E-state index contributed by atoms with van der Waals surface area (Å²) in [5, 5.41) is 20.5. The molecule has 1 fully saturated rings. The zero-order valence-corrected chi connectivity index (χ0v) is 16.0. The number of carboxylic acid groups (broad SMARTS) is 1. The Hall–Kier alpha value is -3.57. The minimum absolute atomic E-state index is 0.110. The number of aromatic carboxylic acids is 1. The third-order valence-electron chi connectivity index (χ3n) is 3.80. The summed E-state index contributed by atoms with van der Waals surface area (Å²) in [4.78, 5) is 46.1. The van der Waals surface area contributed by atoms with Crippen LogP contribution >= 0.6 is 24.0 Å². The van der Waals surface area contributed by atoms with Gasteiger partial charge in [0.2, 0.25) is 0 Å². The highest BCUT2D eigenvalue weighted by atomic mass is 32.2. The average Bonchev–Trinajstić information content (AvgIpc) is 2.95. The monoisotopic (exact) mass is 429 g/mol. The molecule has 0 atom stereocenters. The van der Waals surface area contributed by atoms with Crippen molar-refractivity contribution in [3.05, 3.63) is 80.2 Å². The van der Waals surface area contributed by atoms with Gasteiger partial charge >= 0.3 is 5.97 Å². The lowest BCUT2D eigenvalue weighted by Gasteiger charge is -2.15. The van der Waals surface area contributed by atoms with E-state index in [1.807, 2.05) is 0 Å². The van der Waals surface area contributed by atoms with Crippen molar-refractivity contribution in [2.45, 2.75) is 0 Å². The number of rotatable bonds is 5. The molecular weight excluding hydrogens is 418 g/mol. The van der Waals surface area contributed by atoms with E-state index in [2.05, 4.69) is 5.43 Å². The lowest BCUT2D eigenvalue weighted by atomic mass is 10.1. The van der Waals surface area contributed by atoms with Crippen molar-refractivity contribution in [3.8, 4) is 0 Å². The topological polar surface area (TPSA) is 130 Å². The zero-order chi connectivity index (χ0) is 21.1. The maximum Gasteiger partial charge on any atom is 0.335 e. The Balaban J connectivity index is 1.73. The van der Waals surface area contributed by atoms with Crippen molar-refractivity contribution in [1.82, 2.24) is 10.4 Å². The van der Waals surface area contributed by atoms with Crippen molar-refractivity contribution in [2.75, 3.05) is 0 Å². The molecule has 146 valence electrons. The molecule has 0 spiro atoms. The van der Waals surface area contributed by atoms with Crippen molar-refractivity contribution in [2.24, 2.45) is 0 Å². The van der Waals surface area contributed by atoms with Crippen LogP contribution in [0.2, 0.25) is 0 Å². The summed E-state index contributed by atoms with van der Waals surface area (Å²) < 4.78 is 0.110. The molecule has 2 aromatic carbocycles. The molecule has 0 unspecified atom stereocenters. The molecule has 1 aliphatic heterocycles. The molecule has 2 aromatic rings. The molecule has 0 aliphatic carbocycles. The quantitative estimate of drug-likeness (QED) is 0.321. The molecule has 1 heterocycles. The number of carboxylic acids is 1. The summed E-state index contributed by atoms with van der Waals surface area (Å²) >= 11 is 6.11. The molecule has 2 N–H and O–H groups in total. The van der Waals surface area contributed by atoms with E-state index in [0.717, 1.165) is 16.8 Å². The van der Waals surface area contributed by atoms with Crippen LogP contribution in [0.4, 0.5) is 5.69 Å². The second kappa shape index (κ2) is 8.20. The first-order chi connectivity index (χ1) is 13.8. The van der Waals surface area contributed by atoms with E-state index in [9.17, 15) is 24.5 Å². The lowest BCUT2D eigenvalue weighted by molar-refractivity contribution is -0.384. The van der Waals surface area contributed by atoms with Crippen LogP contribution in [0.1, 0.15) is 26.3 Å². The maximum atomic E-state index is 12.6. The standard InChI is InChI=1S/C18H11N3O6S2/c22-15(11-5-7-13(8-6-11)21(26)27)19-20-16(23)14(29-18(20)28)9-10-1-3-12(4-2-10)17(24)25/h1-9H,(H,19,22)(H,24,25)/b14-9+. The number of thioether (sulfide) groups is 1. The zero-order valence-electron chi connectivity index (χ0n) is 14.4. The molecule has 0 saturated carbocycles. The molecular formula is C18H11N3O6S2. The van der Waals surface area contributed by atoms with Gasteiger partial charge in [0.15, 0.2) is 4.32 Å². The number of hydrazine groups is 1. The van der Waals surface area contributed by atoms with Gasteiger partial charge in [0.05, 0.1) is 15.4 Å². The third-order valence-corrected chi connectivity index (χ3v) is 5.10. The number of thiocarbonyl (C=S) groups is 1. The van der Waals surface area contributed by atoms with Crippen LogP contribution in [-0.2, 0) is 4.79 Å². The Morgan fingerprint density at radius 3 is 2.24 bits per heavy atom. The number of nitro benzene ring substituents is 1. The van der Waals surface area contributed by atoms with Crippen LogP contribution in [0, 0.1) is 10.1 Å². The first-order valence-electron chi connectivity index (χ1n) is 7.93. The highest BCUT2D eigenvalue weighted by Crippen LogP contribution is 2.31. The van der Waals surface area contributed by atoms with E-state index in [0.29, 0.717) is 5.56 Å². The Kier molecular flexibility index (Phi) is 5.71. The molecule has 3 rings (SSSR count). The van der Waals surface area contributed by atoms with Gasteiger partial charge in [0, 0.05) is 17.7 Å². The SMILES string of the molecule is O=C(O)c1ccc(/C=C2/SC(=S)N(NC(=O)c3ccc([N+](=O)[O-])cc3)C2=O)cc1. The molecule has 9 nitrogen and oxygen atoms in total. The molecule has 0 bridgehead atoms. The smallest absolute Gasteiger partial charge is 0.335 e. The number of nitrogens with zero attached hydrogens (tertiary/aromatic N) is 2. The predicted molar refractivity (Wildman–Crippen MR) is 109 cm³/mol. The van der Waals surface area contributed by atoms with Gasteiger partial charge in [-0.2, -0.15) is 5.01 Å². The van der Waals surface area contributed by atoms with Crippen molar-refractivity contribution in [1.29, 1.82) is 0 Å². The van der Waals surface area contributed by atoms with Crippen LogP contribution in [0.5, 0.6) is 0 Å². The highest BCUT2D eigenvalue weighted by Gasteiger charge is 2.33. The largest absolute Gasteiger partial charge is 0.478 e. The first-order valence-corrected chi connectivity index (χ1v) is 9.15. The molecule has 1 saturated heterocycles. The second-order valence-corrected chi connectivity index (χ2v) is 7.36. The number of carbonyl (C=O) groups is 3. The Morgan fingerprint density at radius 2 is 1.69 bits per heavy atom. The van der Waals surface area contributed by atoms with E-state index >= 15 is 0 Å². The molecule has 0 aromatic heterocycles. The fourth-order valence-electron chi connectivity index (χ4n) is 2.34. The van der Waals surface area contributed by atoms with Crippen LogP contribution in [0.25, 0.3) is 6.08 Å². The average molecular weight is 429 g/mol. The molecule has 0 radical (unpaired) electrons. The van der Waals surface area contributed by atoms with Gasteiger partial charge in [-0.3, -0.25) is 25.1 Å². The summed E-state index contributed by atoms with van der Waals surface area (Å²) in [6, 6.07) is 10.8. The summed E-state index contributed by atoms with van der Waals surface area (Å²) in [5.41, 5.74) is 3.05. The Bertz CT molecular complexity index is 1060. The molecule has 11 heteroatoms. The van der Waals surface area contributed by atoms with Crippen molar-refractivity contribution < 1.29 is 24.4 Å². The van der Waals surface area contributed by atoms with Crippen LogP contribution < -0.4 is 5.43 Å². The van der Waals surface area contributed by atoms with Crippen LogP contribution in [0.15, 0.2) is 53.4 Å². The van der Waals surface area contributed by atoms with Gasteiger partial charge in [-0.25, -0.2) is 4.79 Å². The van der Waals surface area contributed by atoms with E-state index < -0.39 is 22.7 Å². The fraction of sp³-hybridized carbons (Fsp3) is 0. The number of hydrogen-bond donors (Lipinski definition) is 2. The predicted octanol–water partition coefficient (Wildman–Crippen LogP) is 2.84. The first kappa shape index (κ1) is 20.2. The van der Waals surface area contributed by atoms with Crippen LogP contribution in [0.3, 0.4) is 0 Å². The van der Waals surface area contributed by atoms with Crippen molar-refractivity contribution in [3.63, 3.8) is 0 Å². The van der Waals surface area contributed by atoms with Gasteiger partial charge in [-0.15, -0.1) is 0 Å². The van der Waals surface area contributed by atoms with Crippen LogP contribution in [-0.4, -0.2) is 37.1 Å². The normalized spacial score (nSPS) is 14.9. The van der Waals surface area contributed by atoms with Crippen molar-refractivity contribution >= 4 is 57.8 Å². The van der Waals surface area contributed by atoms with E-state index in [1.165, 1.54) is 42.5 Å². The van der Waals surface area contributed by atoms with E-state index in [4.69, 9.17) is 17.3 Å². The van der Waals surface area contributed by atoms with Gasteiger partial charge in [0.25, 0.3) is 17.5 Å². The van der Waals surface area contributed by atoms with E-state index in [1.54, 1.807) is 12.1 Å². The van der Waals surface area contributed by atoms with Gasteiger partial charge in [-0.05, 0) is 48.1 Å².